The molecule has 0 radical (unpaired) electrons. The summed E-state index contributed by atoms with van der Waals surface area (Å²) in [4.78, 5) is 23.6. The van der Waals surface area contributed by atoms with Crippen molar-refractivity contribution in [3.05, 3.63) is 66.3 Å². The predicted molar refractivity (Wildman–Crippen MR) is 187 cm³/mol. The van der Waals surface area contributed by atoms with Gasteiger partial charge in [-0.15, -0.1) is 0 Å². The van der Waals surface area contributed by atoms with E-state index in [1.165, 1.54) is 128 Å². The molecule has 0 aliphatic rings. The summed E-state index contributed by atoms with van der Waals surface area (Å²) in [5.41, 5.74) is 0.270. The SMILES string of the molecule is CCCCCCCCCC=C/C=C/C=C/C=C/C=C/CC(=C=O)C(=O)CCCCCCCCCCCCCCCCC. The Hall–Kier alpha value is -2.18. The van der Waals surface area contributed by atoms with Crippen LogP contribution in [0.3, 0.4) is 0 Å². The first-order valence-electron chi connectivity index (χ1n) is 17.8. The summed E-state index contributed by atoms with van der Waals surface area (Å²) >= 11 is 0. The van der Waals surface area contributed by atoms with Gasteiger partial charge in [-0.05, 0) is 19.3 Å². The third-order valence-electron chi connectivity index (χ3n) is 7.81. The van der Waals surface area contributed by atoms with Gasteiger partial charge in [0.2, 0.25) is 0 Å². The number of Topliss-reactive ketones (excluding diaryl/α,β-unsaturated/α-hetero) is 1. The van der Waals surface area contributed by atoms with E-state index < -0.39 is 0 Å². The van der Waals surface area contributed by atoms with Crippen molar-refractivity contribution in [2.24, 2.45) is 0 Å². The zero-order valence-electron chi connectivity index (χ0n) is 27.8. The highest BCUT2D eigenvalue weighted by Crippen LogP contribution is 2.15. The van der Waals surface area contributed by atoms with Crippen LogP contribution in [0.4, 0.5) is 0 Å². The second kappa shape index (κ2) is 35.0. The summed E-state index contributed by atoms with van der Waals surface area (Å²) in [6, 6.07) is 0. The second-order valence-corrected chi connectivity index (χ2v) is 11.8. The Morgan fingerprint density at radius 1 is 0.452 bits per heavy atom. The van der Waals surface area contributed by atoms with Crippen LogP contribution in [0.1, 0.15) is 174 Å². The topological polar surface area (TPSA) is 34.1 Å². The Morgan fingerprint density at radius 2 is 0.810 bits per heavy atom. The van der Waals surface area contributed by atoms with Crippen LogP contribution in [-0.2, 0) is 9.59 Å². The van der Waals surface area contributed by atoms with E-state index in [1.807, 2.05) is 48.5 Å². The van der Waals surface area contributed by atoms with E-state index in [4.69, 9.17) is 0 Å². The van der Waals surface area contributed by atoms with Crippen LogP contribution in [0.2, 0.25) is 0 Å². The first-order valence-corrected chi connectivity index (χ1v) is 17.8. The molecule has 2 heteroatoms. The lowest BCUT2D eigenvalue weighted by Crippen LogP contribution is -2.02. The highest BCUT2D eigenvalue weighted by molar-refractivity contribution is 6.02. The van der Waals surface area contributed by atoms with Gasteiger partial charge in [-0.2, -0.15) is 0 Å². The van der Waals surface area contributed by atoms with E-state index >= 15 is 0 Å². The molecule has 0 aliphatic carbocycles. The minimum atomic E-state index is -0.0432. The van der Waals surface area contributed by atoms with E-state index in [2.05, 4.69) is 32.1 Å². The number of carbonyl (C=O) groups is 1. The summed E-state index contributed by atoms with van der Waals surface area (Å²) < 4.78 is 0. The quantitative estimate of drug-likeness (QED) is 0.0355. The number of ketones is 1. The van der Waals surface area contributed by atoms with E-state index in [1.54, 1.807) is 0 Å². The third-order valence-corrected chi connectivity index (χ3v) is 7.81. The molecule has 0 bridgehead atoms. The Morgan fingerprint density at radius 3 is 1.24 bits per heavy atom. The molecule has 0 spiro atoms. The van der Waals surface area contributed by atoms with Gasteiger partial charge in [0.15, 0.2) is 5.78 Å². The molecule has 0 N–H and O–H groups in total. The second-order valence-electron chi connectivity index (χ2n) is 11.8. The number of hydrogen-bond donors (Lipinski definition) is 0. The number of hydrogen-bond acceptors (Lipinski definition) is 2. The zero-order chi connectivity index (χ0) is 30.6. The lowest BCUT2D eigenvalue weighted by molar-refractivity contribution is -0.115. The molecule has 42 heavy (non-hydrogen) atoms. The van der Waals surface area contributed by atoms with Gasteiger partial charge < -0.3 is 0 Å². The standard InChI is InChI=1S/C40H66O2/c1-3-5-7-9-11-13-15-17-19-20-21-23-24-26-28-30-32-34-36-39(38-41)40(42)37-35-33-31-29-27-25-22-18-16-14-12-10-8-6-4-2/h19-21,23-24,26,28,30,32,34H,3-18,22,25,27,29,31,33,35-37H2,1-2H3/b20-19?,23-21+,26-24+,30-28+,34-32+. The van der Waals surface area contributed by atoms with Crippen LogP contribution in [0.25, 0.3) is 0 Å². The maximum atomic E-state index is 12.3. The van der Waals surface area contributed by atoms with E-state index in [0.29, 0.717) is 12.8 Å². The number of rotatable bonds is 31. The first-order chi connectivity index (χ1) is 20.8. The predicted octanol–water partition coefficient (Wildman–Crippen LogP) is 12.9. The highest BCUT2D eigenvalue weighted by Gasteiger charge is 2.08. The summed E-state index contributed by atoms with van der Waals surface area (Å²) in [6.07, 6.45) is 51.1. The monoisotopic (exact) mass is 579 g/mol. The van der Waals surface area contributed by atoms with Crippen molar-refractivity contribution < 1.29 is 9.59 Å². The van der Waals surface area contributed by atoms with Crippen LogP contribution in [-0.4, -0.2) is 11.7 Å². The van der Waals surface area contributed by atoms with Crippen LogP contribution in [0.5, 0.6) is 0 Å². The van der Waals surface area contributed by atoms with Crippen molar-refractivity contribution in [1.82, 2.24) is 0 Å². The minimum absolute atomic E-state index is 0.0432. The van der Waals surface area contributed by atoms with Crippen LogP contribution >= 0.6 is 0 Å². The lowest BCUT2D eigenvalue weighted by Gasteiger charge is -2.03. The summed E-state index contributed by atoms with van der Waals surface area (Å²) in [6.45, 7) is 4.54. The molecule has 0 aliphatic heterocycles. The molecule has 0 aromatic carbocycles. The Balaban J connectivity index is 3.73. The number of unbranched alkanes of at least 4 members (excludes halogenated alkanes) is 21. The molecular formula is C40H66O2. The average Bonchev–Trinajstić information content (AvgIpc) is 3.00. The summed E-state index contributed by atoms with van der Waals surface area (Å²) in [5, 5.41) is 0. The molecule has 0 saturated carbocycles. The third kappa shape index (κ3) is 30.8. The van der Waals surface area contributed by atoms with Crippen molar-refractivity contribution in [3.63, 3.8) is 0 Å². The molecule has 0 aromatic rings. The van der Waals surface area contributed by atoms with Gasteiger partial charge in [0.1, 0.15) is 5.94 Å². The van der Waals surface area contributed by atoms with Gasteiger partial charge in [-0.1, -0.05) is 203 Å². The average molecular weight is 579 g/mol. The molecule has 0 aromatic heterocycles. The smallest absolute Gasteiger partial charge is 0.170 e. The van der Waals surface area contributed by atoms with E-state index in [-0.39, 0.29) is 11.4 Å². The van der Waals surface area contributed by atoms with Gasteiger partial charge in [-0.25, -0.2) is 4.79 Å². The fourth-order valence-corrected chi connectivity index (χ4v) is 5.06. The normalized spacial score (nSPS) is 12.1. The van der Waals surface area contributed by atoms with Crippen LogP contribution in [0, 0.1) is 0 Å². The molecule has 0 amide bonds. The molecule has 0 fully saturated rings. The molecule has 2 nitrogen and oxygen atoms in total. The molecular weight excluding hydrogens is 512 g/mol. The van der Waals surface area contributed by atoms with E-state index in [9.17, 15) is 9.59 Å². The first kappa shape index (κ1) is 39.8. The van der Waals surface area contributed by atoms with Gasteiger partial charge >= 0.3 is 0 Å². The Bertz CT molecular complexity index is 788. The Kier molecular flexibility index (Phi) is 33.2. The van der Waals surface area contributed by atoms with Gasteiger partial charge in [0.05, 0.1) is 5.57 Å². The maximum absolute atomic E-state index is 12.3. The zero-order valence-corrected chi connectivity index (χ0v) is 27.8. The number of carbonyl (C=O) groups excluding carboxylic acids is 2. The van der Waals surface area contributed by atoms with Gasteiger partial charge in [0.25, 0.3) is 0 Å². The number of allylic oxidation sites excluding steroid dienone is 11. The summed E-state index contributed by atoms with van der Waals surface area (Å²) in [7, 11) is 0. The van der Waals surface area contributed by atoms with Gasteiger partial charge in [0, 0.05) is 12.8 Å². The molecule has 238 valence electrons. The van der Waals surface area contributed by atoms with E-state index in [0.717, 1.165) is 19.3 Å². The molecule has 0 atom stereocenters. The summed E-state index contributed by atoms with van der Waals surface area (Å²) in [5.74, 6) is 1.83. The minimum Gasteiger partial charge on any atom is -0.294 e. The van der Waals surface area contributed by atoms with Gasteiger partial charge in [-0.3, -0.25) is 4.79 Å². The van der Waals surface area contributed by atoms with Crippen molar-refractivity contribution in [3.8, 4) is 0 Å². The van der Waals surface area contributed by atoms with Crippen molar-refractivity contribution in [2.75, 3.05) is 0 Å². The Labute approximate surface area is 261 Å². The molecule has 0 heterocycles. The maximum Gasteiger partial charge on any atom is 0.170 e. The molecule has 0 saturated heterocycles. The largest absolute Gasteiger partial charge is 0.294 e. The fourth-order valence-electron chi connectivity index (χ4n) is 5.06. The molecule has 0 unspecified atom stereocenters. The van der Waals surface area contributed by atoms with Crippen LogP contribution < -0.4 is 0 Å². The van der Waals surface area contributed by atoms with Crippen molar-refractivity contribution >= 4 is 11.7 Å². The molecule has 0 rings (SSSR count). The fraction of sp³-hybridized carbons (Fsp3) is 0.675. The lowest BCUT2D eigenvalue weighted by atomic mass is 10.0. The van der Waals surface area contributed by atoms with Crippen molar-refractivity contribution in [1.29, 1.82) is 0 Å². The van der Waals surface area contributed by atoms with Crippen LogP contribution in [0.15, 0.2) is 66.3 Å². The highest BCUT2D eigenvalue weighted by atomic mass is 16.1. The van der Waals surface area contributed by atoms with Crippen molar-refractivity contribution in [2.45, 2.75) is 174 Å².